The van der Waals surface area contributed by atoms with Crippen molar-refractivity contribution in [1.82, 2.24) is 25.2 Å². The van der Waals surface area contributed by atoms with Gasteiger partial charge in [-0.05, 0) is 18.6 Å². The van der Waals surface area contributed by atoms with Crippen molar-refractivity contribution in [3.63, 3.8) is 0 Å². The first-order chi connectivity index (χ1) is 12.1. The summed E-state index contributed by atoms with van der Waals surface area (Å²) in [5.74, 6) is -0.884. The lowest BCUT2D eigenvalue weighted by Gasteiger charge is -2.11. The van der Waals surface area contributed by atoms with Crippen LogP contribution in [0.25, 0.3) is 10.9 Å². The van der Waals surface area contributed by atoms with Gasteiger partial charge in [0.05, 0.1) is 11.9 Å². The molecule has 130 valence electrons. The number of hydrogen-bond donors (Lipinski definition) is 1. The molecule has 0 atom stereocenters. The minimum atomic E-state index is -0.561. The smallest absolute Gasteiger partial charge is 0.324 e. The fourth-order valence-corrected chi connectivity index (χ4v) is 2.38. The maximum Gasteiger partial charge on any atom is 0.324 e. The summed E-state index contributed by atoms with van der Waals surface area (Å²) in [4.78, 5) is 47.7. The first-order valence-corrected chi connectivity index (χ1v) is 7.62. The number of nitrogens with one attached hydrogen (secondary N) is 1. The van der Waals surface area contributed by atoms with Gasteiger partial charge in [-0.1, -0.05) is 17.3 Å². The van der Waals surface area contributed by atoms with Crippen LogP contribution >= 0.6 is 0 Å². The number of nitrogens with zero attached hydrogens (tertiary/aromatic N) is 4. The summed E-state index contributed by atoms with van der Waals surface area (Å²) in [5, 5.41) is 10.4. The van der Waals surface area contributed by atoms with Crippen LogP contribution in [0.1, 0.15) is 12.8 Å². The second kappa shape index (κ2) is 7.07. The molecular weight excluding hydrogens is 330 g/mol. The number of carbonyl (C=O) groups is 3. The van der Waals surface area contributed by atoms with E-state index in [-0.39, 0.29) is 38.6 Å². The highest BCUT2D eigenvalue weighted by molar-refractivity contribution is 6.01. The Morgan fingerprint density at radius 3 is 2.80 bits per heavy atom. The second-order valence-corrected chi connectivity index (χ2v) is 5.36. The molecule has 1 aliphatic heterocycles. The normalized spacial score (nSPS) is 14.0. The Labute approximate surface area is 141 Å². The Morgan fingerprint density at radius 1 is 1.24 bits per heavy atom. The summed E-state index contributed by atoms with van der Waals surface area (Å²) in [5.41, 5.74) is 0.0568. The van der Waals surface area contributed by atoms with E-state index in [4.69, 9.17) is 4.74 Å². The summed E-state index contributed by atoms with van der Waals surface area (Å²) in [6, 6.07) is 6.26. The van der Waals surface area contributed by atoms with Gasteiger partial charge in [-0.15, -0.1) is 5.10 Å². The SMILES string of the molecule is O=C(CCCN1C(=O)CNC1=O)OCn1nnc2ccccc2c1=O. The molecule has 0 saturated carbocycles. The van der Waals surface area contributed by atoms with Crippen LogP contribution in [0.2, 0.25) is 0 Å². The van der Waals surface area contributed by atoms with E-state index in [1.807, 2.05) is 0 Å². The van der Waals surface area contributed by atoms with Gasteiger partial charge in [0.2, 0.25) is 5.91 Å². The first kappa shape index (κ1) is 16.6. The summed E-state index contributed by atoms with van der Waals surface area (Å²) in [7, 11) is 0. The lowest BCUT2D eigenvalue weighted by molar-refractivity contribution is -0.148. The second-order valence-electron chi connectivity index (χ2n) is 5.36. The highest BCUT2D eigenvalue weighted by atomic mass is 16.5. The maximum absolute atomic E-state index is 12.2. The molecule has 0 unspecified atom stereocenters. The molecule has 1 N–H and O–H groups in total. The van der Waals surface area contributed by atoms with Gasteiger partial charge < -0.3 is 10.1 Å². The van der Waals surface area contributed by atoms with Crippen molar-refractivity contribution in [3.8, 4) is 0 Å². The minimum Gasteiger partial charge on any atom is -0.442 e. The van der Waals surface area contributed by atoms with Gasteiger partial charge in [-0.25, -0.2) is 4.79 Å². The molecule has 25 heavy (non-hydrogen) atoms. The zero-order valence-electron chi connectivity index (χ0n) is 13.2. The Hall–Kier alpha value is -3.30. The predicted molar refractivity (Wildman–Crippen MR) is 84.2 cm³/mol. The molecule has 1 saturated heterocycles. The summed E-state index contributed by atoms with van der Waals surface area (Å²) >= 11 is 0. The fourth-order valence-electron chi connectivity index (χ4n) is 2.38. The van der Waals surface area contributed by atoms with Crippen molar-refractivity contribution < 1.29 is 19.1 Å². The Kier molecular flexibility index (Phi) is 4.68. The quantitative estimate of drug-likeness (QED) is 0.559. The molecule has 10 heteroatoms. The van der Waals surface area contributed by atoms with E-state index in [1.54, 1.807) is 24.3 Å². The van der Waals surface area contributed by atoms with Gasteiger partial charge in [0.15, 0.2) is 6.73 Å². The number of carbonyl (C=O) groups excluding carboxylic acids is 3. The van der Waals surface area contributed by atoms with Crippen LogP contribution in [0.4, 0.5) is 4.79 Å². The zero-order chi connectivity index (χ0) is 17.8. The molecule has 3 amide bonds. The van der Waals surface area contributed by atoms with Gasteiger partial charge in [0, 0.05) is 13.0 Å². The van der Waals surface area contributed by atoms with E-state index in [0.717, 1.165) is 9.58 Å². The molecule has 2 aromatic rings. The van der Waals surface area contributed by atoms with Gasteiger partial charge in [0.25, 0.3) is 5.56 Å². The largest absolute Gasteiger partial charge is 0.442 e. The molecule has 3 rings (SSSR count). The van der Waals surface area contributed by atoms with Gasteiger partial charge in [0.1, 0.15) is 5.52 Å². The number of urea groups is 1. The van der Waals surface area contributed by atoms with E-state index in [1.165, 1.54) is 0 Å². The number of amides is 3. The fraction of sp³-hybridized carbons (Fsp3) is 0.333. The molecule has 0 aliphatic carbocycles. The van der Waals surface area contributed by atoms with Crippen LogP contribution in [0.3, 0.4) is 0 Å². The number of rotatable bonds is 6. The predicted octanol–water partition coefficient (Wildman–Crippen LogP) is -0.376. The van der Waals surface area contributed by atoms with Gasteiger partial charge >= 0.3 is 12.0 Å². The minimum absolute atomic E-state index is 0.00677. The van der Waals surface area contributed by atoms with E-state index < -0.39 is 17.6 Å². The summed E-state index contributed by atoms with van der Waals surface area (Å²) in [6.45, 7) is -0.235. The average Bonchev–Trinajstić information content (AvgIpc) is 2.93. The molecule has 10 nitrogen and oxygen atoms in total. The van der Waals surface area contributed by atoms with Crippen LogP contribution in [0.5, 0.6) is 0 Å². The molecule has 0 spiro atoms. The number of imide groups is 1. The monoisotopic (exact) mass is 345 g/mol. The van der Waals surface area contributed by atoms with Gasteiger partial charge in [-0.3, -0.25) is 19.3 Å². The molecule has 1 aromatic heterocycles. The van der Waals surface area contributed by atoms with Crippen LogP contribution < -0.4 is 10.9 Å². The Bertz CT molecular complexity index is 877. The van der Waals surface area contributed by atoms with E-state index in [9.17, 15) is 19.2 Å². The van der Waals surface area contributed by atoms with E-state index in [2.05, 4.69) is 15.6 Å². The number of aromatic nitrogens is 3. The van der Waals surface area contributed by atoms with Gasteiger partial charge in [-0.2, -0.15) is 4.68 Å². The Balaban J connectivity index is 1.51. The van der Waals surface area contributed by atoms with Crippen molar-refractivity contribution >= 4 is 28.8 Å². The van der Waals surface area contributed by atoms with Crippen molar-refractivity contribution in [3.05, 3.63) is 34.6 Å². The molecule has 0 radical (unpaired) electrons. The van der Waals surface area contributed by atoms with E-state index >= 15 is 0 Å². The molecule has 1 aliphatic rings. The van der Waals surface area contributed by atoms with Crippen LogP contribution in [-0.4, -0.2) is 50.9 Å². The zero-order valence-corrected chi connectivity index (χ0v) is 13.2. The van der Waals surface area contributed by atoms with Crippen molar-refractivity contribution in [1.29, 1.82) is 0 Å². The summed E-state index contributed by atoms with van der Waals surface area (Å²) < 4.78 is 5.95. The van der Waals surface area contributed by atoms with Crippen LogP contribution in [0.15, 0.2) is 29.1 Å². The third kappa shape index (κ3) is 3.62. The third-order valence-corrected chi connectivity index (χ3v) is 3.68. The third-order valence-electron chi connectivity index (χ3n) is 3.68. The Morgan fingerprint density at radius 2 is 2.04 bits per heavy atom. The van der Waals surface area contributed by atoms with E-state index in [0.29, 0.717) is 10.9 Å². The number of benzene rings is 1. The molecule has 1 fully saturated rings. The van der Waals surface area contributed by atoms with Crippen molar-refractivity contribution in [2.75, 3.05) is 13.1 Å². The number of fused-ring (bicyclic) bond motifs is 1. The first-order valence-electron chi connectivity index (χ1n) is 7.62. The molecular formula is C15H15N5O5. The standard InChI is InChI=1S/C15H15N5O5/c21-12-8-16-15(24)19(12)7-3-6-13(22)25-9-20-14(23)10-4-1-2-5-11(10)17-18-20/h1-2,4-5H,3,6-9H2,(H,16,24). The number of ether oxygens (including phenoxy) is 1. The molecule has 0 bridgehead atoms. The topological polar surface area (TPSA) is 123 Å². The highest BCUT2D eigenvalue weighted by Crippen LogP contribution is 2.05. The van der Waals surface area contributed by atoms with Crippen molar-refractivity contribution in [2.45, 2.75) is 19.6 Å². The lowest BCUT2D eigenvalue weighted by Crippen LogP contribution is -2.32. The summed E-state index contributed by atoms with van der Waals surface area (Å²) in [6.07, 6.45) is 0.281. The molecule has 1 aromatic carbocycles. The lowest BCUT2D eigenvalue weighted by atomic mass is 10.2. The average molecular weight is 345 g/mol. The highest BCUT2D eigenvalue weighted by Gasteiger charge is 2.27. The van der Waals surface area contributed by atoms with Crippen LogP contribution in [0, 0.1) is 0 Å². The van der Waals surface area contributed by atoms with Crippen molar-refractivity contribution in [2.24, 2.45) is 0 Å². The number of hydrogen-bond acceptors (Lipinski definition) is 7. The molecule has 2 heterocycles. The maximum atomic E-state index is 12.2. The van der Waals surface area contributed by atoms with Crippen LogP contribution in [-0.2, 0) is 21.1 Å². The number of esters is 1.